The molecule has 2 N–H and O–H groups in total. The van der Waals surface area contributed by atoms with Gasteiger partial charge in [-0.2, -0.15) is 4.99 Å². The summed E-state index contributed by atoms with van der Waals surface area (Å²) in [5.74, 6) is 0.110. The molecule has 3 aromatic rings. The number of allylic oxidation sites excluding steroid dienone is 4. The van der Waals surface area contributed by atoms with Gasteiger partial charge in [0.2, 0.25) is 5.90 Å². The van der Waals surface area contributed by atoms with Crippen LogP contribution in [0.2, 0.25) is 0 Å². The van der Waals surface area contributed by atoms with E-state index in [4.69, 9.17) is 14.9 Å². The first-order chi connectivity index (χ1) is 17.6. The van der Waals surface area contributed by atoms with Gasteiger partial charge >= 0.3 is 0 Å². The fraction of sp³-hybridized carbons (Fsp3) is 0.269. The zero-order valence-corrected chi connectivity index (χ0v) is 20.1. The molecule has 1 aliphatic carbocycles. The third-order valence-electron chi connectivity index (χ3n) is 5.62. The lowest BCUT2D eigenvalue weighted by Crippen LogP contribution is -2.21. The Morgan fingerprint density at radius 1 is 1.11 bits per heavy atom. The number of hydrogen-bond acceptors (Lipinski definition) is 7. The second-order valence-corrected chi connectivity index (χ2v) is 8.01. The third kappa shape index (κ3) is 5.78. The van der Waals surface area contributed by atoms with E-state index in [1.807, 2.05) is 24.3 Å². The van der Waals surface area contributed by atoms with Gasteiger partial charge in [-0.3, -0.25) is 10.4 Å². The molecule has 0 radical (unpaired) electrons. The quantitative estimate of drug-likeness (QED) is 0.270. The summed E-state index contributed by atoms with van der Waals surface area (Å²) < 4.78 is 26.9. The van der Waals surface area contributed by atoms with Crippen LogP contribution in [0.4, 0.5) is 4.39 Å². The molecule has 186 valence electrons. The highest BCUT2D eigenvalue weighted by Gasteiger charge is 2.28. The first-order valence-corrected chi connectivity index (χ1v) is 11.5. The van der Waals surface area contributed by atoms with Gasteiger partial charge in [0.15, 0.2) is 11.5 Å². The van der Waals surface area contributed by atoms with E-state index in [1.165, 1.54) is 17.9 Å². The van der Waals surface area contributed by atoms with Crippen molar-refractivity contribution in [3.63, 3.8) is 0 Å². The van der Waals surface area contributed by atoms with Gasteiger partial charge in [-0.15, -0.1) is 5.10 Å². The molecule has 36 heavy (non-hydrogen) atoms. The molecule has 2 heterocycles. The van der Waals surface area contributed by atoms with E-state index in [9.17, 15) is 4.39 Å². The lowest BCUT2D eigenvalue weighted by atomic mass is 10.1. The number of methoxy groups -OCH3 is 2. The smallest absolute Gasteiger partial charge is 0.246 e. The standard InChI is InChI=1S/C26H28FN7O2/c1-35-16-15-30-17-18-7-9-20(10-8-18)25(28)31-26(36-2)23-24(19-11-13-29-14-12-19)34(33-32-23)22-6-4-3-5-21(22)27/h3-14,21-22,28,30H,15-17H2,1-2H3/b28-25?,31-26-. The van der Waals surface area contributed by atoms with Crippen molar-refractivity contribution >= 4 is 11.7 Å². The summed E-state index contributed by atoms with van der Waals surface area (Å²) in [5, 5.41) is 20.3. The molecule has 4 rings (SSSR count). The zero-order valence-electron chi connectivity index (χ0n) is 20.1. The number of nitrogens with zero attached hydrogens (tertiary/aromatic N) is 5. The molecule has 0 saturated heterocycles. The SMILES string of the molecule is COCCNCc1ccc(C(=N)/N=C(\OC)c2nnn(C3C=CC=CC3F)c2-c2ccncc2)cc1. The lowest BCUT2D eigenvalue weighted by Gasteiger charge is -2.20. The van der Waals surface area contributed by atoms with Gasteiger partial charge in [0.1, 0.15) is 17.9 Å². The maximum atomic E-state index is 14.8. The molecule has 9 nitrogen and oxygen atoms in total. The minimum atomic E-state index is -1.27. The number of hydrogen-bond donors (Lipinski definition) is 2. The summed E-state index contributed by atoms with van der Waals surface area (Å²) in [4.78, 5) is 8.48. The number of pyridine rings is 1. The van der Waals surface area contributed by atoms with E-state index in [2.05, 4.69) is 25.6 Å². The molecule has 2 atom stereocenters. The largest absolute Gasteiger partial charge is 0.479 e. The molecule has 2 unspecified atom stereocenters. The second-order valence-electron chi connectivity index (χ2n) is 8.01. The number of aromatic nitrogens is 4. The fourth-order valence-electron chi connectivity index (χ4n) is 3.76. The number of aliphatic imine (C=N–C) groups is 1. The Morgan fingerprint density at radius 3 is 2.56 bits per heavy atom. The van der Waals surface area contributed by atoms with Crippen molar-refractivity contribution in [1.29, 1.82) is 5.41 Å². The van der Waals surface area contributed by atoms with Crippen LogP contribution >= 0.6 is 0 Å². The van der Waals surface area contributed by atoms with Crippen LogP contribution < -0.4 is 5.32 Å². The summed E-state index contributed by atoms with van der Waals surface area (Å²) in [6.07, 6.45) is 8.64. The van der Waals surface area contributed by atoms with E-state index in [1.54, 1.807) is 49.9 Å². The van der Waals surface area contributed by atoms with Gasteiger partial charge in [-0.1, -0.05) is 47.7 Å². The van der Waals surface area contributed by atoms with Crippen LogP contribution in [0.25, 0.3) is 11.3 Å². The predicted octanol–water partition coefficient (Wildman–Crippen LogP) is 3.50. The van der Waals surface area contributed by atoms with Crippen molar-refractivity contribution in [3.05, 3.63) is 89.9 Å². The summed E-state index contributed by atoms with van der Waals surface area (Å²) in [6, 6.07) is 10.4. The van der Waals surface area contributed by atoms with Gasteiger partial charge in [-0.05, 0) is 23.8 Å². The summed E-state index contributed by atoms with van der Waals surface area (Å²) in [7, 11) is 3.12. The van der Waals surface area contributed by atoms with Crippen LogP contribution in [0.5, 0.6) is 0 Å². The highest BCUT2D eigenvalue weighted by Crippen LogP contribution is 2.30. The Hall–Kier alpha value is -4.02. The Labute approximate surface area is 208 Å². The Balaban J connectivity index is 1.63. The summed E-state index contributed by atoms with van der Waals surface area (Å²) in [6.45, 7) is 2.09. The van der Waals surface area contributed by atoms with Gasteiger partial charge in [0.25, 0.3) is 0 Å². The lowest BCUT2D eigenvalue weighted by molar-refractivity contribution is 0.199. The van der Waals surface area contributed by atoms with E-state index in [-0.39, 0.29) is 11.7 Å². The highest BCUT2D eigenvalue weighted by atomic mass is 19.1. The molecule has 0 saturated carbocycles. The molecule has 0 aliphatic heterocycles. The Morgan fingerprint density at radius 2 is 1.86 bits per heavy atom. The Bertz CT molecular complexity index is 1250. The van der Waals surface area contributed by atoms with Crippen LogP contribution in [-0.2, 0) is 16.0 Å². The minimum Gasteiger partial charge on any atom is -0.479 e. The van der Waals surface area contributed by atoms with Gasteiger partial charge < -0.3 is 14.8 Å². The number of benzene rings is 1. The Kier molecular flexibility index (Phi) is 8.43. The number of nitrogens with one attached hydrogen (secondary N) is 2. The van der Waals surface area contributed by atoms with Crippen molar-refractivity contribution in [1.82, 2.24) is 25.3 Å². The molecule has 0 amide bonds. The van der Waals surface area contributed by atoms with Gasteiger partial charge in [0, 0.05) is 43.7 Å². The van der Waals surface area contributed by atoms with Crippen molar-refractivity contribution in [2.45, 2.75) is 18.8 Å². The number of ether oxygens (including phenoxy) is 2. The zero-order chi connectivity index (χ0) is 25.3. The van der Waals surface area contributed by atoms with Gasteiger partial charge in [-0.25, -0.2) is 9.07 Å². The highest BCUT2D eigenvalue weighted by molar-refractivity contribution is 6.09. The van der Waals surface area contributed by atoms with Crippen molar-refractivity contribution < 1.29 is 13.9 Å². The van der Waals surface area contributed by atoms with E-state index >= 15 is 0 Å². The van der Waals surface area contributed by atoms with Gasteiger partial charge in [0.05, 0.1) is 13.7 Å². The van der Waals surface area contributed by atoms with Crippen molar-refractivity contribution in [2.24, 2.45) is 4.99 Å². The average molecular weight is 490 g/mol. The molecule has 1 aliphatic rings. The number of halogens is 1. The van der Waals surface area contributed by atoms with Crippen LogP contribution in [0, 0.1) is 5.41 Å². The van der Waals surface area contributed by atoms with Crippen LogP contribution in [0.3, 0.4) is 0 Å². The van der Waals surface area contributed by atoms with Crippen molar-refractivity contribution in [3.8, 4) is 11.3 Å². The predicted molar refractivity (Wildman–Crippen MR) is 136 cm³/mol. The second kappa shape index (κ2) is 12.1. The first kappa shape index (κ1) is 25.1. The minimum absolute atomic E-state index is 0.00448. The molecular weight excluding hydrogens is 461 g/mol. The van der Waals surface area contributed by atoms with E-state index < -0.39 is 12.2 Å². The molecule has 2 aromatic heterocycles. The molecule has 10 heteroatoms. The van der Waals surface area contributed by atoms with E-state index in [0.717, 1.165) is 17.7 Å². The van der Waals surface area contributed by atoms with Crippen molar-refractivity contribution in [2.75, 3.05) is 27.4 Å². The molecule has 0 spiro atoms. The monoisotopic (exact) mass is 489 g/mol. The third-order valence-corrected chi connectivity index (χ3v) is 5.62. The average Bonchev–Trinajstić information content (AvgIpc) is 3.35. The normalized spacial score (nSPS) is 17.4. The van der Waals surface area contributed by atoms with Crippen LogP contribution in [-0.4, -0.2) is 65.3 Å². The topological polar surface area (TPSA) is 110 Å². The van der Waals surface area contributed by atoms with Crippen LogP contribution in [0.1, 0.15) is 22.9 Å². The molecule has 0 fully saturated rings. The maximum absolute atomic E-state index is 14.8. The number of alkyl halides is 1. The first-order valence-electron chi connectivity index (χ1n) is 11.5. The van der Waals surface area contributed by atoms with E-state index in [0.29, 0.717) is 30.1 Å². The van der Waals surface area contributed by atoms with Crippen LogP contribution in [0.15, 0.2) is 78.1 Å². The maximum Gasteiger partial charge on any atom is 0.246 e. The molecule has 1 aromatic carbocycles. The molecular formula is C26H28FN7O2. The summed E-state index contributed by atoms with van der Waals surface area (Å²) >= 11 is 0. The fourth-order valence-corrected chi connectivity index (χ4v) is 3.76. The number of rotatable bonds is 9. The summed E-state index contributed by atoms with van der Waals surface area (Å²) in [5.41, 5.74) is 3.25. The molecule has 0 bridgehead atoms. The number of amidine groups is 1.